The van der Waals surface area contributed by atoms with Crippen molar-refractivity contribution in [2.45, 2.75) is 36.1 Å². The minimum absolute atomic E-state index is 0.0126. The summed E-state index contributed by atoms with van der Waals surface area (Å²) in [6.07, 6.45) is -8.45. The number of hydrogen-bond acceptors (Lipinski definition) is 5. The minimum atomic E-state index is -5.53. The van der Waals surface area contributed by atoms with Crippen LogP contribution in [0.3, 0.4) is 0 Å². The van der Waals surface area contributed by atoms with Crippen molar-refractivity contribution in [3.05, 3.63) is 98.8 Å². The molecule has 228 valence electrons. The standard InChI is InChI=1S/C30H20BrF4NO7S/c31-14-8-15(32)10-16(9-14)43-24-6-5-18(26-23(37)12-22(27(24)26)36-29(38)39)25-20-7-13-3-1-2-4-17(13)19(20)11-21(30(33,34)35)28(25)44(40,41)42/h1-6,8-11,22-23,36-37H,7,12H2,(H,38,39)(H,40,41,42)/t22-,23+/m1/s1. The number of ether oxygens (including phenoxy) is 1. The lowest BCUT2D eigenvalue weighted by molar-refractivity contribution is -0.139. The Morgan fingerprint density at radius 1 is 1.00 bits per heavy atom. The van der Waals surface area contributed by atoms with Crippen LogP contribution in [0.1, 0.15) is 46.4 Å². The lowest BCUT2D eigenvalue weighted by atomic mass is 9.88. The highest BCUT2D eigenvalue weighted by atomic mass is 79.9. The summed E-state index contributed by atoms with van der Waals surface area (Å²) in [4.78, 5) is 10.3. The number of fused-ring (bicyclic) bond motifs is 4. The van der Waals surface area contributed by atoms with Crippen LogP contribution in [0.15, 0.2) is 70.0 Å². The highest BCUT2D eigenvalue weighted by Gasteiger charge is 2.44. The van der Waals surface area contributed by atoms with Crippen molar-refractivity contribution < 1.29 is 50.3 Å². The van der Waals surface area contributed by atoms with Gasteiger partial charge in [-0.1, -0.05) is 46.3 Å². The number of nitrogens with one attached hydrogen (secondary N) is 1. The number of alkyl halides is 3. The molecule has 2 atom stereocenters. The molecule has 44 heavy (non-hydrogen) atoms. The number of aliphatic hydroxyl groups excluding tert-OH is 1. The second-order valence-electron chi connectivity index (χ2n) is 10.4. The van der Waals surface area contributed by atoms with Crippen molar-refractivity contribution in [1.82, 2.24) is 5.32 Å². The minimum Gasteiger partial charge on any atom is -0.465 e. The second kappa shape index (κ2) is 10.6. The first-order chi connectivity index (χ1) is 20.6. The van der Waals surface area contributed by atoms with Crippen LogP contribution in [-0.4, -0.2) is 29.3 Å². The summed E-state index contributed by atoms with van der Waals surface area (Å²) in [5, 5.41) is 23.0. The van der Waals surface area contributed by atoms with Gasteiger partial charge in [0.1, 0.15) is 22.2 Å². The predicted octanol–water partition coefficient (Wildman–Crippen LogP) is 7.63. The van der Waals surface area contributed by atoms with Gasteiger partial charge in [-0.3, -0.25) is 4.55 Å². The number of hydrogen-bond donors (Lipinski definition) is 4. The molecule has 0 heterocycles. The van der Waals surface area contributed by atoms with Gasteiger partial charge in [0.15, 0.2) is 0 Å². The third-order valence-corrected chi connectivity index (χ3v) is 9.04. The average molecular weight is 694 g/mol. The number of carboxylic acid groups (broad SMARTS) is 1. The van der Waals surface area contributed by atoms with E-state index < -0.39 is 56.4 Å². The van der Waals surface area contributed by atoms with Gasteiger partial charge in [-0.2, -0.15) is 21.6 Å². The Morgan fingerprint density at radius 2 is 1.73 bits per heavy atom. The van der Waals surface area contributed by atoms with Gasteiger partial charge in [0.2, 0.25) is 0 Å². The van der Waals surface area contributed by atoms with Crippen LogP contribution in [-0.2, 0) is 22.7 Å². The SMILES string of the molecule is O=C(O)N[C@@H]1C[C@H](O)c2c(-c3c4c(cc(C(F)(F)F)c3S(=O)(=O)O)-c3ccccc3C4)ccc(Oc3cc(F)cc(Br)c3)c21. The Morgan fingerprint density at radius 3 is 2.39 bits per heavy atom. The quantitative estimate of drug-likeness (QED) is 0.110. The van der Waals surface area contributed by atoms with Crippen LogP contribution in [0.5, 0.6) is 11.5 Å². The molecule has 4 aromatic carbocycles. The highest BCUT2D eigenvalue weighted by Crippen LogP contribution is 2.54. The Balaban J connectivity index is 1.69. The van der Waals surface area contributed by atoms with Gasteiger partial charge in [0.05, 0.1) is 17.7 Å². The summed E-state index contributed by atoms with van der Waals surface area (Å²) in [6, 6.07) is 12.3. The maximum Gasteiger partial charge on any atom is 0.417 e. The lowest BCUT2D eigenvalue weighted by Crippen LogP contribution is -2.25. The van der Waals surface area contributed by atoms with Gasteiger partial charge in [-0.25, -0.2) is 9.18 Å². The number of amides is 1. The van der Waals surface area contributed by atoms with Gasteiger partial charge in [-0.05, 0) is 64.1 Å². The van der Waals surface area contributed by atoms with Crippen molar-refractivity contribution in [3.63, 3.8) is 0 Å². The van der Waals surface area contributed by atoms with Crippen molar-refractivity contribution in [2.75, 3.05) is 0 Å². The molecule has 0 radical (unpaired) electrons. The molecule has 0 aromatic heterocycles. The van der Waals surface area contributed by atoms with Gasteiger partial charge in [0, 0.05) is 28.1 Å². The fourth-order valence-corrected chi connectivity index (χ4v) is 7.50. The maximum absolute atomic E-state index is 14.5. The molecule has 2 aliphatic rings. The van der Waals surface area contributed by atoms with E-state index in [0.717, 1.165) is 6.07 Å². The Kier molecular flexibility index (Phi) is 7.23. The van der Waals surface area contributed by atoms with E-state index in [2.05, 4.69) is 21.2 Å². The molecule has 2 aliphatic carbocycles. The molecule has 0 saturated carbocycles. The molecule has 4 N–H and O–H groups in total. The van der Waals surface area contributed by atoms with Crippen LogP contribution < -0.4 is 10.1 Å². The molecule has 8 nitrogen and oxygen atoms in total. The molecule has 0 fully saturated rings. The third-order valence-electron chi connectivity index (χ3n) is 7.64. The van der Waals surface area contributed by atoms with Crippen LogP contribution in [0.25, 0.3) is 22.3 Å². The largest absolute Gasteiger partial charge is 0.465 e. The van der Waals surface area contributed by atoms with Crippen molar-refractivity contribution in [2.24, 2.45) is 0 Å². The van der Waals surface area contributed by atoms with Crippen LogP contribution >= 0.6 is 15.9 Å². The van der Waals surface area contributed by atoms with Gasteiger partial charge in [0.25, 0.3) is 10.1 Å². The van der Waals surface area contributed by atoms with Gasteiger partial charge in [-0.15, -0.1) is 0 Å². The Hall–Kier alpha value is -3.98. The Bertz CT molecular complexity index is 1960. The van der Waals surface area contributed by atoms with Crippen LogP contribution in [0.2, 0.25) is 0 Å². The Labute approximate surface area is 255 Å². The molecule has 0 aliphatic heterocycles. The molecule has 4 aromatic rings. The highest BCUT2D eigenvalue weighted by molar-refractivity contribution is 9.10. The monoisotopic (exact) mass is 693 g/mol. The molecule has 0 saturated heterocycles. The lowest BCUT2D eigenvalue weighted by Gasteiger charge is -2.23. The first kappa shape index (κ1) is 30.1. The molecular formula is C30H20BrF4NO7S. The summed E-state index contributed by atoms with van der Waals surface area (Å²) in [6.45, 7) is 0. The van der Waals surface area contributed by atoms with Crippen LogP contribution in [0, 0.1) is 5.82 Å². The van der Waals surface area contributed by atoms with E-state index in [-0.39, 0.29) is 52.2 Å². The summed E-state index contributed by atoms with van der Waals surface area (Å²) >= 11 is 3.15. The van der Waals surface area contributed by atoms with E-state index in [0.29, 0.717) is 21.7 Å². The smallest absolute Gasteiger partial charge is 0.417 e. The molecule has 0 unspecified atom stereocenters. The van der Waals surface area contributed by atoms with E-state index in [9.17, 15) is 45.5 Å². The summed E-state index contributed by atoms with van der Waals surface area (Å²) < 4.78 is 99.6. The zero-order valence-electron chi connectivity index (χ0n) is 22.1. The van der Waals surface area contributed by atoms with Crippen molar-refractivity contribution in [3.8, 4) is 33.8 Å². The molecule has 6 rings (SSSR count). The van der Waals surface area contributed by atoms with Crippen molar-refractivity contribution >= 4 is 32.1 Å². The number of rotatable bonds is 5. The summed E-state index contributed by atoms with van der Waals surface area (Å²) in [5.74, 6) is -0.743. The molecule has 1 amide bonds. The van der Waals surface area contributed by atoms with Gasteiger partial charge >= 0.3 is 12.3 Å². The number of benzene rings is 4. The molecule has 14 heteroatoms. The number of aliphatic hydroxyl groups is 1. The third kappa shape index (κ3) is 5.21. The normalized spacial score (nSPS) is 17.2. The van der Waals surface area contributed by atoms with Crippen molar-refractivity contribution in [1.29, 1.82) is 0 Å². The zero-order chi connectivity index (χ0) is 31.7. The number of carbonyl (C=O) groups is 1. The fourth-order valence-electron chi connectivity index (χ4n) is 6.11. The first-order valence-corrected chi connectivity index (χ1v) is 15.2. The first-order valence-electron chi connectivity index (χ1n) is 12.9. The summed E-state index contributed by atoms with van der Waals surface area (Å²) in [7, 11) is -5.53. The van der Waals surface area contributed by atoms with Crippen LogP contribution in [0.4, 0.5) is 22.4 Å². The second-order valence-corrected chi connectivity index (χ2v) is 12.6. The van der Waals surface area contributed by atoms with E-state index in [1.165, 1.54) is 24.3 Å². The van der Waals surface area contributed by atoms with E-state index >= 15 is 0 Å². The molecule has 0 spiro atoms. The van der Waals surface area contributed by atoms with Gasteiger partial charge < -0.3 is 20.3 Å². The number of halogens is 5. The summed E-state index contributed by atoms with van der Waals surface area (Å²) in [5.41, 5.74) is -1.01. The topological polar surface area (TPSA) is 133 Å². The maximum atomic E-state index is 14.5. The predicted molar refractivity (Wildman–Crippen MR) is 153 cm³/mol. The van der Waals surface area contributed by atoms with E-state index in [1.54, 1.807) is 24.3 Å². The zero-order valence-corrected chi connectivity index (χ0v) is 24.5. The molecule has 0 bridgehead atoms. The fraction of sp³-hybridized carbons (Fsp3) is 0.167. The van der Waals surface area contributed by atoms with E-state index in [4.69, 9.17) is 4.74 Å². The van der Waals surface area contributed by atoms with E-state index in [1.807, 2.05) is 0 Å². The average Bonchev–Trinajstić information content (AvgIpc) is 3.44. The molecular weight excluding hydrogens is 674 g/mol.